The molecular weight excluding hydrogens is 298 g/mol. The van der Waals surface area contributed by atoms with Crippen molar-refractivity contribution in [1.82, 2.24) is 15.1 Å². The van der Waals surface area contributed by atoms with Crippen LogP contribution in [-0.4, -0.2) is 60.0 Å². The van der Waals surface area contributed by atoms with E-state index in [9.17, 15) is 4.79 Å². The fourth-order valence-electron chi connectivity index (χ4n) is 4.34. The first-order valence-corrected chi connectivity index (χ1v) is 10.4. The van der Waals surface area contributed by atoms with E-state index in [-0.39, 0.29) is 5.91 Å². The second-order valence-corrected chi connectivity index (χ2v) is 8.05. The number of amides is 1. The fourth-order valence-corrected chi connectivity index (χ4v) is 4.34. The minimum atomic E-state index is 0.264. The molecule has 1 N–H and O–H groups in total. The first-order valence-electron chi connectivity index (χ1n) is 10.4. The number of nitrogens with one attached hydrogen (secondary N) is 1. The van der Waals surface area contributed by atoms with Crippen LogP contribution < -0.4 is 5.32 Å². The van der Waals surface area contributed by atoms with E-state index in [1.54, 1.807) is 0 Å². The first-order chi connectivity index (χ1) is 11.6. The number of nitrogens with zero attached hydrogens (tertiary/aromatic N) is 2. The highest BCUT2D eigenvalue weighted by molar-refractivity contribution is 5.76. The van der Waals surface area contributed by atoms with Gasteiger partial charge in [-0.3, -0.25) is 14.6 Å². The maximum atomic E-state index is 12.3. The molecule has 4 nitrogen and oxygen atoms in total. The summed E-state index contributed by atoms with van der Waals surface area (Å²) < 4.78 is 0. The van der Waals surface area contributed by atoms with Gasteiger partial charge in [0.05, 0.1) is 0 Å². The van der Waals surface area contributed by atoms with Crippen molar-refractivity contribution in [1.29, 1.82) is 0 Å². The van der Waals surface area contributed by atoms with Crippen LogP contribution in [0, 0.1) is 0 Å². The molecule has 1 aliphatic carbocycles. The summed E-state index contributed by atoms with van der Waals surface area (Å²) in [5.74, 6) is 0.264. The summed E-state index contributed by atoms with van der Waals surface area (Å²) >= 11 is 0. The topological polar surface area (TPSA) is 35.6 Å². The van der Waals surface area contributed by atoms with E-state index in [0.29, 0.717) is 24.5 Å². The smallest absolute Gasteiger partial charge is 0.221 e. The van der Waals surface area contributed by atoms with Crippen molar-refractivity contribution in [2.75, 3.05) is 26.2 Å². The largest absolute Gasteiger partial charge is 0.353 e. The van der Waals surface area contributed by atoms with Crippen LogP contribution in [0.1, 0.15) is 78.6 Å². The Balaban J connectivity index is 1.69. The SMILES string of the molecule is CCC1CN(CCC(=O)NC2CCCCCCC2)CCN1C(C)C. The van der Waals surface area contributed by atoms with Crippen LogP contribution in [-0.2, 0) is 4.79 Å². The summed E-state index contributed by atoms with van der Waals surface area (Å²) in [6.45, 7) is 11.1. The Hall–Kier alpha value is -0.610. The van der Waals surface area contributed by atoms with Gasteiger partial charge >= 0.3 is 0 Å². The van der Waals surface area contributed by atoms with E-state index >= 15 is 0 Å². The summed E-state index contributed by atoms with van der Waals surface area (Å²) in [5, 5.41) is 3.30. The quantitative estimate of drug-likeness (QED) is 0.807. The minimum absolute atomic E-state index is 0.264. The van der Waals surface area contributed by atoms with E-state index in [1.807, 2.05) is 0 Å². The number of carbonyl (C=O) groups excluding carboxylic acids is 1. The fraction of sp³-hybridized carbons (Fsp3) is 0.950. The van der Waals surface area contributed by atoms with Crippen LogP contribution in [0.2, 0.25) is 0 Å². The molecule has 0 aromatic heterocycles. The van der Waals surface area contributed by atoms with Gasteiger partial charge in [-0.05, 0) is 33.1 Å². The van der Waals surface area contributed by atoms with E-state index in [0.717, 1.165) is 26.2 Å². The van der Waals surface area contributed by atoms with Crippen LogP contribution in [0.3, 0.4) is 0 Å². The normalized spacial score (nSPS) is 25.4. The maximum Gasteiger partial charge on any atom is 0.221 e. The third-order valence-electron chi connectivity index (χ3n) is 5.87. The molecule has 1 saturated heterocycles. The van der Waals surface area contributed by atoms with Crippen molar-refractivity contribution in [3.8, 4) is 0 Å². The Morgan fingerprint density at radius 1 is 1.08 bits per heavy atom. The van der Waals surface area contributed by atoms with Crippen LogP contribution >= 0.6 is 0 Å². The Bertz CT molecular complexity index is 364. The molecule has 2 aliphatic rings. The monoisotopic (exact) mass is 337 g/mol. The van der Waals surface area contributed by atoms with Gasteiger partial charge in [0.25, 0.3) is 0 Å². The molecule has 0 aromatic rings. The molecule has 2 fully saturated rings. The molecule has 0 bridgehead atoms. The Morgan fingerprint density at radius 2 is 1.75 bits per heavy atom. The second-order valence-electron chi connectivity index (χ2n) is 8.05. The van der Waals surface area contributed by atoms with Gasteiger partial charge in [0.2, 0.25) is 5.91 Å². The van der Waals surface area contributed by atoms with Gasteiger partial charge in [-0.25, -0.2) is 0 Å². The molecule has 4 heteroatoms. The summed E-state index contributed by atoms with van der Waals surface area (Å²) in [6, 6.07) is 1.70. The molecule has 1 amide bonds. The van der Waals surface area contributed by atoms with E-state index < -0.39 is 0 Å². The molecule has 1 heterocycles. The molecule has 140 valence electrons. The van der Waals surface area contributed by atoms with Gasteiger partial charge < -0.3 is 5.32 Å². The lowest BCUT2D eigenvalue weighted by molar-refractivity contribution is -0.122. The lowest BCUT2D eigenvalue weighted by Gasteiger charge is -2.43. The zero-order valence-corrected chi connectivity index (χ0v) is 16.2. The predicted molar refractivity (Wildman–Crippen MR) is 101 cm³/mol. The number of hydrogen-bond acceptors (Lipinski definition) is 3. The van der Waals surface area contributed by atoms with Crippen molar-refractivity contribution in [2.24, 2.45) is 0 Å². The molecular formula is C20H39N3O. The van der Waals surface area contributed by atoms with Gasteiger partial charge in [0.1, 0.15) is 0 Å². The Kier molecular flexibility index (Phi) is 8.54. The second kappa shape index (κ2) is 10.4. The molecule has 2 rings (SSSR count). The average molecular weight is 338 g/mol. The zero-order chi connectivity index (χ0) is 17.4. The van der Waals surface area contributed by atoms with Crippen molar-refractivity contribution < 1.29 is 4.79 Å². The number of carbonyl (C=O) groups is 1. The molecule has 0 aromatic carbocycles. The highest BCUT2D eigenvalue weighted by atomic mass is 16.1. The maximum absolute atomic E-state index is 12.3. The minimum Gasteiger partial charge on any atom is -0.353 e. The summed E-state index contributed by atoms with van der Waals surface area (Å²) in [7, 11) is 0. The summed E-state index contributed by atoms with van der Waals surface area (Å²) in [5.41, 5.74) is 0. The summed E-state index contributed by atoms with van der Waals surface area (Å²) in [6.07, 6.45) is 10.8. The van der Waals surface area contributed by atoms with E-state index in [2.05, 4.69) is 35.9 Å². The highest BCUT2D eigenvalue weighted by Gasteiger charge is 2.27. The van der Waals surface area contributed by atoms with Crippen molar-refractivity contribution in [2.45, 2.75) is 96.7 Å². The molecule has 1 atom stereocenters. The van der Waals surface area contributed by atoms with Gasteiger partial charge in [-0.15, -0.1) is 0 Å². The van der Waals surface area contributed by atoms with Crippen LogP contribution in [0.25, 0.3) is 0 Å². The number of piperazine rings is 1. The number of hydrogen-bond donors (Lipinski definition) is 1. The van der Waals surface area contributed by atoms with E-state index in [4.69, 9.17) is 0 Å². The van der Waals surface area contributed by atoms with Crippen LogP contribution in [0.5, 0.6) is 0 Å². The first kappa shape index (κ1) is 19.7. The standard InChI is InChI=1S/C20H39N3O/c1-4-19-16-22(14-15-23(19)17(2)3)13-12-20(24)21-18-10-8-6-5-7-9-11-18/h17-19H,4-16H2,1-3H3,(H,21,24). The predicted octanol–water partition coefficient (Wildman–Crippen LogP) is 3.41. The van der Waals surface area contributed by atoms with Crippen molar-refractivity contribution in [3.63, 3.8) is 0 Å². The molecule has 24 heavy (non-hydrogen) atoms. The lowest BCUT2D eigenvalue weighted by atomic mass is 9.96. The molecule has 1 saturated carbocycles. The van der Waals surface area contributed by atoms with Crippen molar-refractivity contribution >= 4 is 5.91 Å². The number of rotatable bonds is 6. The third kappa shape index (κ3) is 6.36. The Morgan fingerprint density at radius 3 is 2.38 bits per heavy atom. The third-order valence-corrected chi connectivity index (χ3v) is 5.87. The highest BCUT2D eigenvalue weighted by Crippen LogP contribution is 2.18. The van der Waals surface area contributed by atoms with Crippen molar-refractivity contribution in [3.05, 3.63) is 0 Å². The average Bonchev–Trinajstić information content (AvgIpc) is 2.54. The molecule has 1 aliphatic heterocycles. The van der Waals surface area contributed by atoms with Gasteiger partial charge in [0, 0.05) is 50.7 Å². The van der Waals surface area contributed by atoms with Gasteiger partial charge in [-0.2, -0.15) is 0 Å². The molecule has 0 radical (unpaired) electrons. The lowest BCUT2D eigenvalue weighted by Crippen LogP contribution is -2.55. The molecule has 0 spiro atoms. The Labute approximate surface area is 149 Å². The zero-order valence-electron chi connectivity index (χ0n) is 16.2. The molecule has 1 unspecified atom stereocenters. The van der Waals surface area contributed by atoms with Crippen LogP contribution in [0.4, 0.5) is 0 Å². The van der Waals surface area contributed by atoms with E-state index in [1.165, 1.54) is 51.4 Å². The van der Waals surface area contributed by atoms with Gasteiger partial charge in [-0.1, -0.05) is 39.0 Å². The van der Waals surface area contributed by atoms with Crippen LogP contribution in [0.15, 0.2) is 0 Å². The summed E-state index contributed by atoms with van der Waals surface area (Å²) in [4.78, 5) is 17.4. The van der Waals surface area contributed by atoms with Gasteiger partial charge in [0.15, 0.2) is 0 Å².